The second kappa shape index (κ2) is 11.6. The second-order valence-corrected chi connectivity index (χ2v) is 11.7. The molecule has 38 heavy (non-hydrogen) atoms. The molecule has 204 valence electrons. The van der Waals surface area contributed by atoms with Crippen LogP contribution in [0.15, 0.2) is 46.3 Å². The third kappa shape index (κ3) is 5.85. The van der Waals surface area contributed by atoms with E-state index in [-0.39, 0.29) is 52.3 Å². The lowest BCUT2D eigenvalue weighted by Gasteiger charge is -2.32. The van der Waals surface area contributed by atoms with Gasteiger partial charge in [-0.1, -0.05) is 56.1 Å². The number of rotatable bonds is 7. The number of pyridine rings is 1. The SMILES string of the molecule is CC(=O)c1cnc2ccc(C3C=C(Cl)C(O)=C(Cl)C3C)cc2c1NC1CCC(NC(=O)C(N)C(C)C)CC1. The van der Waals surface area contributed by atoms with Gasteiger partial charge in [0, 0.05) is 35.5 Å². The number of hydrogen-bond donors (Lipinski definition) is 4. The van der Waals surface area contributed by atoms with Gasteiger partial charge in [0.25, 0.3) is 0 Å². The Kier molecular flexibility index (Phi) is 8.70. The van der Waals surface area contributed by atoms with E-state index in [9.17, 15) is 14.7 Å². The number of nitrogens with zero attached hydrogens (tertiary/aromatic N) is 1. The molecule has 0 spiro atoms. The van der Waals surface area contributed by atoms with E-state index >= 15 is 0 Å². The number of aromatic nitrogens is 1. The summed E-state index contributed by atoms with van der Waals surface area (Å²) in [5, 5.41) is 18.3. The zero-order valence-corrected chi connectivity index (χ0v) is 23.7. The van der Waals surface area contributed by atoms with E-state index in [1.807, 2.05) is 45.0 Å². The van der Waals surface area contributed by atoms with E-state index in [1.165, 1.54) is 0 Å². The Hall–Kier alpha value is -2.61. The molecule has 3 unspecified atom stereocenters. The Balaban J connectivity index is 1.58. The highest BCUT2D eigenvalue weighted by Gasteiger charge is 2.30. The smallest absolute Gasteiger partial charge is 0.237 e. The lowest BCUT2D eigenvalue weighted by atomic mass is 9.82. The number of nitrogens with two attached hydrogens (primary N) is 1. The molecule has 2 aliphatic rings. The standard InChI is InChI=1S/C29H36Cl2N4O3/c1-14(2)26(32)29(38)35-19-8-6-18(7-9-19)34-27-21-11-17(5-10-24(21)33-13-22(27)16(4)36)20-12-23(30)28(37)25(31)15(20)3/h5,10-15,18-20,26,37H,6-9,32H2,1-4H3,(H,33,34)(H,35,38). The van der Waals surface area contributed by atoms with E-state index in [0.29, 0.717) is 10.6 Å². The van der Waals surface area contributed by atoms with E-state index in [2.05, 4.69) is 15.6 Å². The summed E-state index contributed by atoms with van der Waals surface area (Å²) in [6.07, 6.45) is 6.79. The number of benzene rings is 1. The summed E-state index contributed by atoms with van der Waals surface area (Å²) in [6.45, 7) is 7.37. The molecule has 7 nitrogen and oxygen atoms in total. The van der Waals surface area contributed by atoms with Crippen LogP contribution in [-0.2, 0) is 4.79 Å². The predicted molar refractivity (Wildman–Crippen MR) is 154 cm³/mol. The Bertz CT molecular complexity index is 1300. The molecule has 4 rings (SSSR count). The fourth-order valence-electron chi connectivity index (χ4n) is 5.28. The number of fused-ring (bicyclic) bond motifs is 1. The van der Waals surface area contributed by atoms with Gasteiger partial charge in [0.05, 0.1) is 32.9 Å². The van der Waals surface area contributed by atoms with Crippen molar-refractivity contribution in [2.45, 2.75) is 77.4 Å². The van der Waals surface area contributed by atoms with Gasteiger partial charge in [-0.05, 0) is 56.2 Å². The average molecular weight is 560 g/mol. The minimum Gasteiger partial charge on any atom is -0.505 e. The van der Waals surface area contributed by atoms with Crippen molar-refractivity contribution in [3.63, 3.8) is 0 Å². The fraction of sp³-hybridized carbons (Fsp3) is 0.483. The first kappa shape index (κ1) is 28.4. The molecule has 1 saturated carbocycles. The van der Waals surface area contributed by atoms with Crippen molar-refractivity contribution in [2.75, 3.05) is 5.32 Å². The Morgan fingerprint density at radius 1 is 1.13 bits per heavy atom. The molecule has 3 atom stereocenters. The molecule has 1 aromatic carbocycles. The van der Waals surface area contributed by atoms with Crippen molar-refractivity contribution >= 4 is 51.5 Å². The number of carbonyl (C=O) groups is 2. The van der Waals surface area contributed by atoms with Crippen molar-refractivity contribution < 1.29 is 14.7 Å². The quantitative estimate of drug-likeness (QED) is 0.304. The average Bonchev–Trinajstić information content (AvgIpc) is 2.89. The fourth-order valence-corrected chi connectivity index (χ4v) is 5.80. The predicted octanol–water partition coefficient (Wildman–Crippen LogP) is 6.12. The normalized spacial score (nSPS) is 24.8. The maximum atomic E-state index is 12.6. The first-order valence-electron chi connectivity index (χ1n) is 13.2. The topological polar surface area (TPSA) is 117 Å². The van der Waals surface area contributed by atoms with Crippen molar-refractivity contribution in [3.05, 3.63) is 57.4 Å². The molecular weight excluding hydrogens is 523 g/mol. The molecule has 1 heterocycles. The van der Waals surface area contributed by atoms with Gasteiger partial charge in [0.15, 0.2) is 5.78 Å². The molecular formula is C29H36Cl2N4O3. The number of allylic oxidation sites excluding steroid dienone is 3. The minimum atomic E-state index is -0.507. The number of halogens is 2. The lowest BCUT2D eigenvalue weighted by molar-refractivity contribution is -0.124. The van der Waals surface area contributed by atoms with Gasteiger partial charge in [-0.25, -0.2) is 0 Å². The molecule has 1 aromatic heterocycles. The Labute approximate surface area is 233 Å². The molecule has 5 N–H and O–H groups in total. The van der Waals surface area contributed by atoms with Gasteiger partial charge >= 0.3 is 0 Å². The van der Waals surface area contributed by atoms with Crippen LogP contribution < -0.4 is 16.4 Å². The number of carbonyl (C=O) groups excluding carboxylic acids is 2. The van der Waals surface area contributed by atoms with Crippen LogP contribution in [0.5, 0.6) is 0 Å². The zero-order valence-electron chi connectivity index (χ0n) is 22.2. The summed E-state index contributed by atoms with van der Waals surface area (Å²) in [4.78, 5) is 29.5. The monoisotopic (exact) mass is 558 g/mol. The van der Waals surface area contributed by atoms with Gasteiger partial charge in [-0.15, -0.1) is 0 Å². The highest BCUT2D eigenvalue weighted by atomic mass is 35.5. The molecule has 0 bridgehead atoms. The van der Waals surface area contributed by atoms with Crippen molar-refractivity contribution in [1.82, 2.24) is 10.3 Å². The van der Waals surface area contributed by atoms with Crippen molar-refractivity contribution in [3.8, 4) is 0 Å². The number of aliphatic hydroxyl groups excluding tert-OH is 1. The Morgan fingerprint density at radius 2 is 1.79 bits per heavy atom. The molecule has 0 radical (unpaired) electrons. The van der Waals surface area contributed by atoms with Crippen LogP contribution in [-0.4, -0.2) is 39.9 Å². The maximum Gasteiger partial charge on any atom is 0.237 e. The lowest BCUT2D eigenvalue weighted by Crippen LogP contribution is -2.49. The molecule has 2 aromatic rings. The summed E-state index contributed by atoms with van der Waals surface area (Å²) in [7, 11) is 0. The summed E-state index contributed by atoms with van der Waals surface area (Å²) in [5.41, 5.74) is 9.04. The Morgan fingerprint density at radius 3 is 2.42 bits per heavy atom. The van der Waals surface area contributed by atoms with Crippen LogP contribution in [0.2, 0.25) is 0 Å². The van der Waals surface area contributed by atoms with Gasteiger partial charge < -0.3 is 21.5 Å². The number of aliphatic hydroxyl groups is 1. The van der Waals surface area contributed by atoms with Crippen molar-refractivity contribution in [2.24, 2.45) is 17.6 Å². The van der Waals surface area contributed by atoms with Crippen molar-refractivity contribution in [1.29, 1.82) is 0 Å². The number of ketones is 1. The van der Waals surface area contributed by atoms with Crippen LogP contribution in [0.25, 0.3) is 10.9 Å². The van der Waals surface area contributed by atoms with Crippen LogP contribution in [0.1, 0.15) is 75.2 Å². The summed E-state index contributed by atoms with van der Waals surface area (Å²) in [6, 6.07) is 5.68. The van der Waals surface area contributed by atoms with Crippen LogP contribution in [0, 0.1) is 11.8 Å². The summed E-state index contributed by atoms with van der Waals surface area (Å²) >= 11 is 12.6. The molecule has 0 saturated heterocycles. The first-order valence-corrected chi connectivity index (χ1v) is 14.0. The van der Waals surface area contributed by atoms with Crippen LogP contribution in [0.3, 0.4) is 0 Å². The molecule has 0 aliphatic heterocycles. The van der Waals surface area contributed by atoms with Gasteiger partial charge in [0.1, 0.15) is 5.76 Å². The van der Waals surface area contributed by atoms with Gasteiger partial charge in [-0.2, -0.15) is 0 Å². The molecule has 1 fully saturated rings. The highest BCUT2D eigenvalue weighted by Crippen LogP contribution is 2.43. The largest absolute Gasteiger partial charge is 0.505 e. The number of amides is 1. The van der Waals surface area contributed by atoms with Crippen LogP contribution in [0.4, 0.5) is 5.69 Å². The van der Waals surface area contributed by atoms with E-state index in [1.54, 1.807) is 13.1 Å². The first-order chi connectivity index (χ1) is 18.0. The second-order valence-electron chi connectivity index (χ2n) is 10.9. The van der Waals surface area contributed by atoms with E-state index < -0.39 is 6.04 Å². The highest BCUT2D eigenvalue weighted by molar-refractivity contribution is 6.35. The van der Waals surface area contributed by atoms with Gasteiger partial charge in [0.2, 0.25) is 5.91 Å². The van der Waals surface area contributed by atoms with E-state index in [0.717, 1.165) is 47.8 Å². The van der Waals surface area contributed by atoms with Crippen LogP contribution >= 0.6 is 23.2 Å². The minimum absolute atomic E-state index is 0.0687. The number of nitrogens with one attached hydrogen (secondary N) is 2. The molecule has 1 amide bonds. The zero-order chi connectivity index (χ0) is 27.7. The molecule has 9 heteroatoms. The number of Topliss-reactive ketones (excluding diaryl/α,β-unsaturated/α-hetero) is 1. The molecule has 2 aliphatic carbocycles. The number of anilines is 1. The van der Waals surface area contributed by atoms with E-state index in [4.69, 9.17) is 28.9 Å². The number of hydrogen-bond acceptors (Lipinski definition) is 6. The third-order valence-corrected chi connectivity index (χ3v) is 8.64. The van der Waals surface area contributed by atoms with Gasteiger partial charge in [-0.3, -0.25) is 14.6 Å². The third-order valence-electron chi connectivity index (χ3n) is 7.82. The summed E-state index contributed by atoms with van der Waals surface area (Å²) < 4.78 is 0. The maximum absolute atomic E-state index is 12.6. The summed E-state index contributed by atoms with van der Waals surface area (Å²) in [5.74, 6) is -0.466.